The van der Waals surface area contributed by atoms with Crippen LogP contribution in [0.4, 0.5) is 0 Å². The minimum atomic E-state index is 0.578. The molecule has 1 aliphatic carbocycles. The minimum absolute atomic E-state index is 0.578. The molecular weight excluding hydrogens is 270 g/mol. The van der Waals surface area contributed by atoms with Crippen LogP contribution in [0.3, 0.4) is 0 Å². The second-order valence-electron chi connectivity index (χ2n) is 6.05. The Bertz CT molecular complexity index is 557. The molecule has 2 aromatic carbocycles. The molecule has 0 saturated carbocycles. The third-order valence-corrected chi connectivity index (χ3v) is 4.42. The molecule has 0 unspecified atom stereocenters. The van der Waals surface area contributed by atoms with E-state index in [9.17, 15) is 0 Å². The maximum Gasteiger partial charge on any atom is 0.0459 e. The Morgan fingerprint density at radius 3 is 2.23 bits per heavy atom. The van der Waals surface area contributed by atoms with Gasteiger partial charge in [0.2, 0.25) is 0 Å². The maximum atomic E-state index is 5.88. The van der Waals surface area contributed by atoms with Crippen molar-refractivity contribution in [3.8, 4) is 0 Å². The molecule has 3 heteroatoms. The molecule has 3 rings (SSSR count). The van der Waals surface area contributed by atoms with Crippen molar-refractivity contribution in [1.82, 2.24) is 10.2 Å². The Balaban J connectivity index is 1.43. The summed E-state index contributed by atoms with van der Waals surface area (Å²) in [6, 6.07) is 19.9. The molecule has 0 amide bonds. The van der Waals surface area contributed by atoms with Gasteiger partial charge in [0, 0.05) is 32.3 Å². The molecular formula is C19H25N3. The van der Waals surface area contributed by atoms with Gasteiger partial charge >= 0.3 is 0 Å². The number of benzene rings is 2. The summed E-state index contributed by atoms with van der Waals surface area (Å²) < 4.78 is 0. The highest BCUT2D eigenvalue weighted by Gasteiger charge is 2.20. The normalized spacial score (nSPS) is 14.5. The number of nitrogens with two attached hydrogens (primary N) is 1. The smallest absolute Gasteiger partial charge is 0.0459 e. The van der Waals surface area contributed by atoms with Crippen molar-refractivity contribution in [2.45, 2.75) is 25.4 Å². The van der Waals surface area contributed by atoms with Gasteiger partial charge < -0.3 is 11.1 Å². The molecule has 2 aromatic rings. The molecule has 0 aliphatic heterocycles. The van der Waals surface area contributed by atoms with Crippen molar-refractivity contribution in [3.05, 3.63) is 71.3 Å². The number of hydrogen-bond acceptors (Lipinski definition) is 3. The minimum Gasteiger partial charge on any atom is -0.318 e. The summed E-state index contributed by atoms with van der Waals surface area (Å²) in [5.41, 5.74) is 10.2. The monoisotopic (exact) mass is 295 g/mol. The molecule has 1 aliphatic rings. The first-order chi connectivity index (χ1) is 10.8. The van der Waals surface area contributed by atoms with E-state index >= 15 is 0 Å². The summed E-state index contributed by atoms with van der Waals surface area (Å²) >= 11 is 0. The highest BCUT2D eigenvalue weighted by Crippen LogP contribution is 2.21. The first-order valence-corrected chi connectivity index (χ1v) is 8.11. The van der Waals surface area contributed by atoms with Crippen LogP contribution in [0.15, 0.2) is 54.6 Å². The number of fused-ring (bicyclic) bond motifs is 1. The Morgan fingerprint density at radius 2 is 1.59 bits per heavy atom. The van der Waals surface area contributed by atoms with E-state index in [-0.39, 0.29) is 0 Å². The van der Waals surface area contributed by atoms with Gasteiger partial charge in [0.1, 0.15) is 0 Å². The number of rotatable bonds is 7. The first-order valence-electron chi connectivity index (χ1n) is 8.11. The van der Waals surface area contributed by atoms with Crippen LogP contribution in [0.2, 0.25) is 0 Å². The molecule has 116 valence electrons. The van der Waals surface area contributed by atoms with Crippen molar-refractivity contribution in [2.24, 2.45) is 5.73 Å². The van der Waals surface area contributed by atoms with E-state index < -0.39 is 0 Å². The second-order valence-corrected chi connectivity index (χ2v) is 6.05. The van der Waals surface area contributed by atoms with E-state index in [4.69, 9.17) is 5.73 Å². The molecule has 0 bridgehead atoms. The van der Waals surface area contributed by atoms with Crippen LogP contribution < -0.4 is 11.1 Å². The lowest BCUT2D eigenvalue weighted by Crippen LogP contribution is -2.39. The second kappa shape index (κ2) is 7.54. The predicted molar refractivity (Wildman–Crippen MR) is 91.5 cm³/mol. The molecule has 0 aromatic heterocycles. The van der Waals surface area contributed by atoms with E-state index in [0.29, 0.717) is 12.7 Å². The van der Waals surface area contributed by atoms with Crippen molar-refractivity contribution in [3.63, 3.8) is 0 Å². The zero-order chi connectivity index (χ0) is 15.2. The van der Waals surface area contributed by atoms with E-state index in [2.05, 4.69) is 64.8 Å². The van der Waals surface area contributed by atoms with Gasteiger partial charge in [-0.05, 0) is 29.5 Å². The van der Waals surface area contributed by atoms with Crippen LogP contribution in [0.25, 0.3) is 0 Å². The van der Waals surface area contributed by atoms with Crippen LogP contribution in [0.5, 0.6) is 0 Å². The van der Waals surface area contributed by atoms with Crippen molar-refractivity contribution < 1.29 is 0 Å². The lowest BCUT2D eigenvalue weighted by molar-refractivity contribution is 0.268. The third-order valence-electron chi connectivity index (χ3n) is 4.42. The quantitative estimate of drug-likeness (QED) is 0.769. The Morgan fingerprint density at radius 1 is 0.955 bits per heavy atom. The van der Waals surface area contributed by atoms with E-state index in [1.165, 1.54) is 16.7 Å². The Labute approximate surface area is 133 Å². The van der Waals surface area contributed by atoms with Gasteiger partial charge in [0.05, 0.1) is 0 Å². The molecule has 0 saturated heterocycles. The lowest BCUT2D eigenvalue weighted by Gasteiger charge is -2.21. The summed E-state index contributed by atoms with van der Waals surface area (Å²) in [7, 11) is 0. The summed E-state index contributed by atoms with van der Waals surface area (Å²) in [5.74, 6) is 0. The fraction of sp³-hybridized carbons (Fsp3) is 0.368. The van der Waals surface area contributed by atoms with Crippen LogP contribution in [0, 0.1) is 0 Å². The molecule has 3 nitrogen and oxygen atoms in total. The van der Waals surface area contributed by atoms with Gasteiger partial charge in [-0.1, -0.05) is 54.6 Å². The molecule has 0 atom stereocenters. The van der Waals surface area contributed by atoms with Crippen LogP contribution >= 0.6 is 0 Å². The lowest BCUT2D eigenvalue weighted by atomic mass is 10.1. The molecule has 3 N–H and O–H groups in total. The summed E-state index contributed by atoms with van der Waals surface area (Å²) in [6.45, 7) is 3.49. The average molecular weight is 295 g/mol. The topological polar surface area (TPSA) is 41.3 Å². The molecule has 0 fully saturated rings. The zero-order valence-electron chi connectivity index (χ0n) is 13.0. The fourth-order valence-electron chi connectivity index (χ4n) is 3.21. The fourth-order valence-corrected chi connectivity index (χ4v) is 3.21. The van der Waals surface area contributed by atoms with Crippen molar-refractivity contribution >= 4 is 0 Å². The summed E-state index contributed by atoms with van der Waals surface area (Å²) in [5, 5.41) is 3.68. The van der Waals surface area contributed by atoms with Crippen LogP contribution in [0.1, 0.15) is 16.7 Å². The molecule has 22 heavy (non-hydrogen) atoms. The van der Waals surface area contributed by atoms with Crippen LogP contribution in [-0.2, 0) is 19.4 Å². The van der Waals surface area contributed by atoms with Gasteiger partial charge in [0.15, 0.2) is 0 Å². The highest BCUT2D eigenvalue weighted by molar-refractivity contribution is 5.33. The predicted octanol–water partition coefficient (Wildman–Crippen LogP) is 2.16. The number of nitrogens with one attached hydrogen (secondary N) is 1. The number of nitrogens with zero attached hydrogens (tertiary/aromatic N) is 1. The largest absolute Gasteiger partial charge is 0.318 e. The SMILES string of the molecule is NCN(CCNC1Cc2ccccc2C1)Cc1ccccc1. The van der Waals surface area contributed by atoms with E-state index in [1.54, 1.807) is 0 Å². The Kier molecular flexibility index (Phi) is 5.22. The number of hydrogen-bond donors (Lipinski definition) is 2. The van der Waals surface area contributed by atoms with Crippen molar-refractivity contribution in [1.29, 1.82) is 0 Å². The first kappa shape index (κ1) is 15.2. The highest BCUT2D eigenvalue weighted by atomic mass is 15.2. The average Bonchev–Trinajstić information content (AvgIpc) is 2.97. The van der Waals surface area contributed by atoms with Gasteiger partial charge in [-0.3, -0.25) is 4.90 Å². The van der Waals surface area contributed by atoms with E-state index in [1.807, 2.05) is 0 Å². The van der Waals surface area contributed by atoms with Gasteiger partial charge in [0.25, 0.3) is 0 Å². The van der Waals surface area contributed by atoms with E-state index in [0.717, 1.165) is 32.5 Å². The van der Waals surface area contributed by atoms with Gasteiger partial charge in [-0.25, -0.2) is 0 Å². The summed E-state index contributed by atoms with van der Waals surface area (Å²) in [6.07, 6.45) is 2.30. The molecule has 0 radical (unpaired) electrons. The zero-order valence-corrected chi connectivity index (χ0v) is 13.0. The Hall–Kier alpha value is -1.68. The molecule has 0 spiro atoms. The maximum absolute atomic E-state index is 5.88. The standard InChI is InChI=1S/C19H25N3/c20-15-22(14-16-6-2-1-3-7-16)11-10-21-19-12-17-8-4-5-9-18(17)13-19/h1-9,19,21H,10-15,20H2. The molecule has 0 heterocycles. The van der Waals surface area contributed by atoms with Gasteiger partial charge in [-0.2, -0.15) is 0 Å². The van der Waals surface area contributed by atoms with Gasteiger partial charge in [-0.15, -0.1) is 0 Å². The van der Waals surface area contributed by atoms with Crippen molar-refractivity contribution in [2.75, 3.05) is 19.8 Å². The summed E-state index contributed by atoms with van der Waals surface area (Å²) in [4.78, 5) is 2.28. The third kappa shape index (κ3) is 3.95. The van der Waals surface area contributed by atoms with Crippen LogP contribution in [-0.4, -0.2) is 30.7 Å².